The Bertz CT molecular complexity index is 1230. The summed E-state index contributed by atoms with van der Waals surface area (Å²) in [4.78, 5) is 31.1. The second-order valence-corrected chi connectivity index (χ2v) is 9.27. The van der Waals surface area contributed by atoms with Gasteiger partial charge in [0.1, 0.15) is 0 Å². The number of aryl methyl sites for hydroxylation is 1. The van der Waals surface area contributed by atoms with Gasteiger partial charge in [0.25, 0.3) is 5.56 Å². The Morgan fingerprint density at radius 2 is 2.00 bits per heavy atom. The van der Waals surface area contributed by atoms with Crippen molar-refractivity contribution in [1.82, 2.24) is 9.55 Å². The van der Waals surface area contributed by atoms with E-state index in [1.807, 2.05) is 0 Å². The van der Waals surface area contributed by atoms with Crippen LogP contribution in [0.3, 0.4) is 0 Å². The van der Waals surface area contributed by atoms with Crippen molar-refractivity contribution in [3.05, 3.63) is 63.5 Å². The lowest BCUT2D eigenvalue weighted by Crippen LogP contribution is -2.24. The lowest BCUT2D eigenvalue weighted by molar-refractivity contribution is -0.113. The van der Waals surface area contributed by atoms with Crippen LogP contribution in [0.1, 0.15) is 5.69 Å². The number of anilines is 1. The highest BCUT2D eigenvalue weighted by Gasteiger charge is 2.23. The van der Waals surface area contributed by atoms with Gasteiger partial charge >= 0.3 is 0 Å². The summed E-state index contributed by atoms with van der Waals surface area (Å²) in [6, 6.07) is 12.2. The predicted molar refractivity (Wildman–Crippen MR) is 121 cm³/mol. The largest absolute Gasteiger partial charge is 0.454 e. The minimum atomic E-state index is -0.212. The molecule has 31 heavy (non-hydrogen) atoms. The van der Waals surface area contributed by atoms with Crippen molar-refractivity contribution in [3.63, 3.8) is 0 Å². The molecule has 5 rings (SSSR count). The fourth-order valence-electron chi connectivity index (χ4n) is 3.31. The van der Waals surface area contributed by atoms with Gasteiger partial charge in [0.05, 0.1) is 22.0 Å². The number of halogens is 1. The topological polar surface area (TPSA) is 82.5 Å². The molecule has 0 atom stereocenters. The quantitative estimate of drug-likeness (QED) is 0.443. The fourth-order valence-corrected chi connectivity index (χ4v) is 5.29. The molecule has 0 saturated carbocycles. The van der Waals surface area contributed by atoms with Crippen molar-refractivity contribution in [2.45, 2.75) is 16.5 Å². The van der Waals surface area contributed by atoms with Gasteiger partial charge in [-0.3, -0.25) is 14.2 Å². The van der Waals surface area contributed by atoms with Gasteiger partial charge in [-0.15, -0.1) is 11.8 Å². The molecule has 0 bridgehead atoms. The Balaban J connectivity index is 1.38. The van der Waals surface area contributed by atoms with E-state index in [0.717, 1.165) is 17.9 Å². The van der Waals surface area contributed by atoms with Gasteiger partial charge in [0.15, 0.2) is 16.7 Å². The summed E-state index contributed by atoms with van der Waals surface area (Å²) in [6.45, 7) is 0.174. The van der Waals surface area contributed by atoms with E-state index in [1.165, 1.54) is 23.5 Å². The molecule has 0 unspecified atom stereocenters. The van der Waals surface area contributed by atoms with Crippen molar-refractivity contribution >= 4 is 46.7 Å². The predicted octanol–water partition coefficient (Wildman–Crippen LogP) is 3.99. The van der Waals surface area contributed by atoms with Crippen LogP contribution in [0.4, 0.5) is 5.69 Å². The molecule has 7 nitrogen and oxygen atoms in total. The van der Waals surface area contributed by atoms with Gasteiger partial charge in [-0.25, -0.2) is 4.98 Å². The standard InChI is InChI=1S/C21H16ClN3O4S2/c22-12-1-4-14(5-2-12)25-20(27)19-15(7-8-30-19)24-21(25)31-10-18(26)23-13-3-6-16-17(9-13)29-11-28-16/h1-6,9H,7-8,10-11H2,(H,23,26). The number of nitrogens with one attached hydrogen (secondary N) is 1. The van der Waals surface area contributed by atoms with Crippen molar-refractivity contribution in [3.8, 4) is 17.2 Å². The lowest BCUT2D eigenvalue weighted by Gasteiger charge is -2.14. The number of ether oxygens (including phenoxy) is 2. The summed E-state index contributed by atoms with van der Waals surface area (Å²) in [5, 5.41) is 3.91. The molecule has 1 amide bonds. The molecule has 3 aromatic rings. The molecule has 0 spiro atoms. The average Bonchev–Trinajstić information content (AvgIpc) is 3.42. The van der Waals surface area contributed by atoms with Crippen LogP contribution in [0, 0.1) is 0 Å². The molecule has 158 valence electrons. The van der Waals surface area contributed by atoms with Crippen LogP contribution in [0.25, 0.3) is 5.69 Å². The molecule has 1 N–H and O–H groups in total. The first-order chi connectivity index (χ1) is 15.1. The van der Waals surface area contributed by atoms with Crippen LogP contribution in [0.2, 0.25) is 5.02 Å². The Labute approximate surface area is 191 Å². The molecule has 0 fully saturated rings. The van der Waals surface area contributed by atoms with Crippen LogP contribution in [0.15, 0.2) is 57.3 Å². The summed E-state index contributed by atoms with van der Waals surface area (Å²) < 4.78 is 12.2. The van der Waals surface area contributed by atoms with Crippen molar-refractivity contribution < 1.29 is 14.3 Å². The van der Waals surface area contributed by atoms with Crippen molar-refractivity contribution in [2.75, 3.05) is 23.6 Å². The monoisotopic (exact) mass is 473 g/mol. The Morgan fingerprint density at radius 3 is 2.84 bits per heavy atom. The van der Waals surface area contributed by atoms with Crippen LogP contribution in [-0.2, 0) is 11.2 Å². The number of fused-ring (bicyclic) bond motifs is 2. The summed E-state index contributed by atoms with van der Waals surface area (Å²) in [5.74, 6) is 1.96. The molecular weight excluding hydrogens is 458 g/mol. The second kappa shape index (κ2) is 8.49. The van der Waals surface area contributed by atoms with E-state index in [4.69, 9.17) is 26.1 Å². The highest BCUT2D eigenvalue weighted by atomic mass is 35.5. The SMILES string of the molecule is O=C(CSc1nc2c(c(=O)n1-c1ccc(Cl)cc1)SCC2)Nc1ccc2c(c1)OCO2. The number of benzene rings is 2. The van der Waals surface area contributed by atoms with E-state index in [1.54, 1.807) is 47.0 Å². The summed E-state index contributed by atoms with van der Waals surface area (Å²) in [5.41, 5.74) is 1.95. The first kappa shape index (κ1) is 20.3. The normalized spacial score (nSPS) is 13.8. The number of rotatable bonds is 5. The van der Waals surface area contributed by atoms with Gasteiger partial charge < -0.3 is 14.8 Å². The third-order valence-corrected chi connectivity index (χ3v) is 7.04. The van der Waals surface area contributed by atoms with E-state index in [0.29, 0.717) is 37.9 Å². The maximum atomic E-state index is 13.1. The molecule has 0 saturated heterocycles. The van der Waals surface area contributed by atoms with E-state index >= 15 is 0 Å². The molecule has 2 aromatic carbocycles. The number of carbonyl (C=O) groups is 1. The zero-order chi connectivity index (χ0) is 21.4. The van der Waals surface area contributed by atoms with Gasteiger partial charge in [0.2, 0.25) is 12.7 Å². The highest BCUT2D eigenvalue weighted by molar-refractivity contribution is 8.00. The average molecular weight is 474 g/mol. The fraction of sp³-hybridized carbons (Fsp3) is 0.190. The molecule has 3 heterocycles. The maximum absolute atomic E-state index is 13.1. The minimum absolute atomic E-state index is 0.0976. The van der Waals surface area contributed by atoms with Crippen LogP contribution < -0.4 is 20.3 Å². The van der Waals surface area contributed by atoms with E-state index in [2.05, 4.69) is 5.32 Å². The molecule has 2 aliphatic rings. The zero-order valence-electron chi connectivity index (χ0n) is 16.1. The number of hydrogen-bond acceptors (Lipinski definition) is 7. The highest BCUT2D eigenvalue weighted by Crippen LogP contribution is 2.34. The van der Waals surface area contributed by atoms with Gasteiger partial charge in [0, 0.05) is 29.0 Å². The third-order valence-electron chi connectivity index (χ3n) is 4.74. The summed E-state index contributed by atoms with van der Waals surface area (Å²) in [6.07, 6.45) is 0.744. The molecule has 1 aromatic heterocycles. The Hall–Kier alpha value is -2.62. The molecular formula is C21H16ClN3O4S2. The number of hydrogen-bond donors (Lipinski definition) is 1. The number of nitrogens with zero attached hydrogens (tertiary/aromatic N) is 2. The minimum Gasteiger partial charge on any atom is -0.454 e. The smallest absolute Gasteiger partial charge is 0.272 e. The molecule has 10 heteroatoms. The summed E-state index contributed by atoms with van der Waals surface area (Å²) in [7, 11) is 0. The van der Waals surface area contributed by atoms with Gasteiger partial charge in [-0.2, -0.15) is 0 Å². The van der Waals surface area contributed by atoms with Crippen molar-refractivity contribution in [1.29, 1.82) is 0 Å². The Kier molecular flexibility index (Phi) is 5.56. The number of amides is 1. The van der Waals surface area contributed by atoms with E-state index in [-0.39, 0.29) is 24.0 Å². The van der Waals surface area contributed by atoms with Crippen LogP contribution in [-0.4, -0.2) is 33.8 Å². The first-order valence-electron chi connectivity index (χ1n) is 9.45. The number of carbonyl (C=O) groups excluding carboxylic acids is 1. The van der Waals surface area contributed by atoms with E-state index < -0.39 is 0 Å². The van der Waals surface area contributed by atoms with E-state index in [9.17, 15) is 9.59 Å². The van der Waals surface area contributed by atoms with Crippen LogP contribution in [0.5, 0.6) is 11.5 Å². The Morgan fingerprint density at radius 1 is 1.19 bits per heavy atom. The van der Waals surface area contributed by atoms with Crippen LogP contribution >= 0.6 is 35.1 Å². The molecule has 2 aliphatic heterocycles. The first-order valence-corrected chi connectivity index (χ1v) is 11.8. The number of aromatic nitrogens is 2. The maximum Gasteiger partial charge on any atom is 0.272 e. The van der Waals surface area contributed by atoms with Gasteiger partial charge in [-0.05, 0) is 36.4 Å². The lowest BCUT2D eigenvalue weighted by atomic mass is 10.3. The van der Waals surface area contributed by atoms with Crippen molar-refractivity contribution in [2.24, 2.45) is 0 Å². The zero-order valence-corrected chi connectivity index (χ0v) is 18.5. The third kappa shape index (κ3) is 4.13. The molecule has 0 aliphatic carbocycles. The number of thioether (sulfide) groups is 2. The second-order valence-electron chi connectivity index (χ2n) is 6.79. The van der Waals surface area contributed by atoms with Gasteiger partial charge in [-0.1, -0.05) is 23.4 Å². The molecule has 0 radical (unpaired) electrons. The summed E-state index contributed by atoms with van der Waals surface area (Å²) >= 11 is 8.74.